The van der Waals surface area contributed by atoms with Gasteiger partial charge in [0.1, 0.15) is 0 Å². The maximum Gasteiger partial charge on any atom is 0.240 e. The SMILES string of the molecule is NC1(C(=O)NCC2(N3CCSCC3)CCCCC2)CC1. The van der Waals surface area contributed by atoms with E-state index in [1.54, 1.807) is 0 Å². The van der Waals surface area contributed by atoms with Gasteiger partial charge in [0.05, 0.1) is 5.54 Å². The molecule has 1 aliphatic heterocycles. The van der Waals surface area contributed by atoms with E-state index in [2.05, 4.69) is 22.0 Å². The standard InChI is InChI=1S/C15H27N3OS/c16-15(6-7-15)13(19)17-12-14(4-2-1-3-5-14)18-8-10-20-11-9-18/h1-12,16H2,(H,17,19). The number of hydrogen-bond donors (Lipinski definition) is 2. The molecule has 4 nitrogen and oxygen atoms in total. The highest BCUT2D eigenvalue weighted by Gasteiger charge is 2.47. The highest BCUT2D eigenvalue weighted by Crippen LogP contribution is 2.36. The average molecular weight is 297 g/mol. The molecular weight excluding hydrogens is 270 g/mol. The number of carbonyl (C=O) groups is 1. The molecule has 0 atom stereocenters. The van der Waals surface area contributed by atoms with Crippen molar-refractivity contribution in [3.63, 3.8) is 0 Å². The third kappa shape index (κ3) is 3.00. The molecule has 20 heavy (non-hydrogen) atoms. The van der Waals surface area contributed by atoms with Crippen molar-refractivity contribution < 1.29 is 4.79 Å². The quantitative estimate of drug-likeness (QED) is 0.822. The Morgan fingerprint density at radius 3 is 2.35 bits per heavy atom. The number of amides is 1. The second kappa shape index (κ2) is 5.85. The Balaban J connectivity index is 1.63. The van der Waals surface area contributed by atoms with E-state index < -0.39 is 5.54 Å². The van der Waals surface area contributed by atoms with E-state index in [4.69, 9.17) is 5.73 Å². The van der Waals surface area contributed by atoms with Gasteiger partial charge in [0.2, 0.25) is 5.91 Å². The van der Waals surface area contributed by atoms with Crippen molar-refractivity contribution in [1.29, 1.82) is 0 Å². The van der Waals surface area contributed by atoms with E-state index in [1.807, 2.05) is 0 Å². The summed E-state index contributed by atoms with van der Waals surface area (Å²) < 4.78 is 0. The lowest BCUT2D eigenvalue weighted by Gasteiger charge is -2.48. The summed E-state index contributed by atoms with van der Waals surface area (Å²) in [4.78, 5) is 14.8. The first-order valence-corrected chi connectivity index (χ1v) is 9.20. The van der Waals surface area contributed by atoms with E-state index in [1.165, 1.54) is 56.7 Å². The number of hydrogen-bond acceptors (Lipinski definition) is 4. The Hall–Kier alpha value is -0.260. The van der Waals surface area contributed by atoms with Crippen LogP contribution in [0.4, 0.5) is 0 Å². The molecule has 1 heterocycles. The minimum absolute atomic E-state index is 0.0776. The lowest BCUT2D eigenvalue weighted by Crippen LogP contribution is -2.60. The topological polar surface area (TPSA) is 58.4 Å². The van der Waals surface area contributed by atoms with Crippen LogP contribution in [0.25, 0.3) is 0 Å². The number of nitrogens with one attached hydrogen (secondary N) is 1. The van der Waals surface area contributed by atoms with Crippen molar-refractivity contribution in [1.82, 2.24) is 10.2 Å². The fourth-order valence-corrected chi connectivity index (χ4v) is 4.54. The summed E-state index contributed by atoms with van der Waals surface area (Å²) in [5, 5.41) is 3.18. The molecule has 3 rings (SSSR count). The van der Waals surface area contributed by atoms with Gasteiger partial charge >= 0.3 is 0 Å². The number of thioether (sulfide) groups is 1. The highest BCUT2D eigenvalue weighted by atomic mass is 32.2. The third-order valence-electron chi connectivity index (χ3n) is 5.29. The van der Waals surface area contributed by atoms with Crippen LogP contribution >= 0.6 is 11.8 Å². The minimum Gasteiger partial charge on any atom is -0.353 e. The molecule has 0 aromatic heterocycles. The second-order valence-electron chi connectivity index (χ2n) is 6.72. The zero-order valence-electron chi connectivity index (χ0n) is 12.3. The summed E-state index contributed by atoms with van der Waals surface area (Å²) in [5.74, 6) is 2.54. The van der Waals surface area contributed by atoms with Gasteiger partial charge in [0, 0.05) is 36.7 Å². The smallest absolute Gasteiger partial charge is 0.240 e. The molecule has 0 radical (unpaired) electrons. The molecular formula is C15H27N3OS. The number of nitrogens with zero attached hydrogens (tertiary/aromatic N) is 1. The van der Waals surface area contributed by atoms with Gasteiger partial charge in [-0.1, -0.05) is 19.3 Å². The second-order valence-corrected chi connectivity index (χ2v) is 7.95. The molecule has 0 aromatic carbocycles. The molecule has 3 fully saturated rings. The average Bonchev–Trinajstić information content (AvgIpc) is 3.26. The van der Waals surface area contributed by atoms with Gasteiger partial charge in [-0.05, 0) is 25.7 Å². The van der Waals surface area contributed by atoms with Crippen LogP contribution < -0.4 is 11.1 Å². The van der Waals surface area contributed by atoms with E-state index in [9.17, 15) is 4.79 Å². The molecule has 1 amide bonds. The summed E-state index contributed by atoms with van der Waals surface area (Å²) in [7, 11) is 0. The van der Waals surface area contributed by atoms with E-state index in [0.29, 0.717) is 0 Å². The lowest BCUT2D eigenvalue weighted by molar-refractivity contribution is -0.124. The van der Waals surface area contributed by atoms with E-state index in [0.717, 1.165) is 19.4 Å². The predicted molar refractivity (Wildman–Crippen MR) is 83.9 cm³/mol. The summed E-state index contributed by atoms with van der Waals surface area (Å²) in [6, 6.07) is 0. The summed E-state index contributed by atoms with van der Waals surface area (Å²) >= 11 is 2.05. The Labute approximate surface area is 126 Å². The van der Waals surface area contributed by atoms with Crippen molar-refractivity contribution >= 4 is 17.7 Å². The highest BCUT2D eigenvalue weighted by molar-refractivity contribution is 7.99. The van der Waals surface area contributed by atoms with Gasteiger partial charge in [0.15, 0.2) is 0 Å². The summed E-state index contributed by atoms with van der Waals surface area (Å²) in [6.07, 6.45) is 8.11. The zero-order chi connectivity index (χ0) is 14.1. The molecule has 5 heteroatoms. The maximum atomic E-state index is 12.1. The van der Waals surface area contributed by atoms with Crippen LogP contribution in [0.2, 0.25) is 0 Å². The van der Waals surface area contributed by atoms with E-state index >= 15 is 0 Å². The van der Waals surface area contributed by atoms with Gasteiger partial charge in [-0.2, -0.15) is 11.8 Å². The van der Waals surface area contributed by atoms with Crippen LogP contribution in [0.5, 0.6) is 0 Å². The summed E-state index contributed by atoms with van der Waals surface area (Å²) in [5.41, 5.74) is 5.67. The molecule has 0 spiro atoms. The lowest BCUT2D eigenvalue weighted by atomic mass is 9.80. The first kappa shape index (κ1) is 14.7. The number of rotatable bonds is 4. The number of nitrogens with two attached hydrogens (primary N) is 1. The van der Waals surface area contributed by atoms with Gasteiger partial charge in [-0.25, -0.2) is 0 Å². The van der Waals surface area contributed by atoms with Crippen molar-refractivity contribution in [2.45, 2.75) is 56.0 Å². The maximum absolute atomic E-state index is 12.1. The van der Waals surface area contributed by atoms with Crippen LogP contribution in [-0.2, 0) is 4.79 Å². The molecule has 3 aliphatic rings. The summed E-state index contributed by atoms with van der Waals surface area (Å²) in [6.45, 7) is 3.15. The number of carbonyl (C=O) groups excluding carboxylic acids is 1. The van der Waals surface area contributed by atoms with Crippen molar-refractivity contribution in [3.8, 4) is 0 Å². The zero-order valence-corrected chi connectivity index (χ0v) is 13.1. The Morgan fingerprint density at radius 2 is 1.75 bits per heavy atom. The van der Waals surface area contributed by atoms with Gasteiger partial charge < -0.3 is 11.1 Å². The van der Waals surface area contributed by atoms with Crippen molar-refractivity contribution in [2.75, 3.05) is 31.1 Å². The molecule has 1 saturated heterocycles. The molecule has 0 aromatic rings. The van der Waals surface area contributed by atoms with Gasteiger partial charge in [-0.15, -0.1) is 0 Å². The van der Waals surface area contributed by atoms with Gasteiger partial charge in [0.25, 0.3) is 0 Å². The third-order valence-corrected chi connectivity index (χ3v) is 6.23. The normalized spacial score (nSPS) is 28.9. The molecule has 2 aliphatic carbocycles. The molecule has 0 bridgehead atoms. The van der Waals surface area contributed by atoms with Crippen LogP contribution in [-0.4, -0.2) is 53.0 Å². The molecule has 2 saturated carbocycles. The molecule has 3 N–H and O–H groups in total. The molecule has 0 unspecified atom stereocenters. The largest absolute Gasteiger partial charge is 0.353 e. The van der Waals surface area contributed by atoms with Crippen molar-refractivity contribution in [3.05, 3.63) is 0 Å². The first-order chi connectivity index (χ1) is 9.65. The van der Waals surface area contributed by atoms with Crippen LogP contribution in [0, 0.1) is 0 Å². The van der Waals surface area contributed by atoms with Crippen molar-refractivity contribution in [2.24, 2.45) is 5.73 Å². The van der Waals surface area contributed by atoms with Crippen LogP contribution in [0.15, 0.2) is 0 Å². The Morgan fingerprint density at radius 1 is 1.10 bits per heavy atom. The Bertz CT molecular complexity index is 358. The fourth-order valence-electron chi connectivity index (χ4n) is 3.63. The monoisotopic (exact) mass is 297 g/mol. The molecule has 114 valence electrons. The Kier molecular flexibility index (Phi) is 4.29. The van der Waals surface area contributed by atoms with Gasteiger partial charge in [-0.3, -0.25) is 9.69 Å². The van der Waals surface area contributed by atoms with Crippen LogP contribution in [0.1, 0.15) is 44.9 Å². The first-order valence-electron chi connectivity index (χ1n) is 8.05. The van der Waals surface area contributed by atoms with Crippen LogP contribution in [0.3, 0.4) is 0 Å². The fraction of sp³-hybridized carbons (Fsp3) is 0.933. The predicted octanol–water partition coefficient (Wildman–Crippen LogP) is 1.35. The van der Waals surface area contributed by atoms with E-state index in [-0.39, 0.29) is 11.4 Å². The minimum atomic E-state index is -0.534.